The molecule has 7 nitrogen and oxygen atoms in total. The third kappa shape index (κ3) is 5.61. The molecular weight excluding hydrogens is 471 g/mol. The Labute approximate surface area is 201 Å². The van der Waals surface area contributed by atoms with Gasteiger partial charge in [0.1, 0.15) is 17.8 Å². The molecule has 0 saturated carbocycles. The highest BCUT2D eigenvalue weighted by Gasteiger charge is 2.33. The van der Waals surface area contributed by atoms with E-state index in [0.717, 1.165) is 45.2 Å². The number of hydrogen-bond donors (Lipinski definition) is 1. The number of alkyl halides is 3. The van der Waals surface area contributed by atoms with Gasteiger partial charge in [-0.15, -0.1) is 0 Å². The number of carbonyl (C=O) groups excluding carboxylic acids is 1. The molecule has 2 saturated heterocycles. The van der Waals surface area contributed by atoms with Gasteiger partial charge in [-0.05, 0) is 37.5 Å². The molecule has 1 N–H and O–H groups in total. The van der Waals surface area contributed by atoms with Crippen LogP contribution in [0.15, 0.2) is 24.5 Å². The average molecular weight is 498 g/mol. The number of ether oxygens (including phenoxy) is 1. The molecule has 3 heterocycles. The van der Waals surface area contributed by atoms with E-state index in [-0.39, 0.29) is 17.5 Å². The second-order valence-corrected chi connectivity index (χ2v) is 8.94. The number of nitrogens with one attached hydrogen (secondary N) is 1. The molecule has 0 unspecified atom stereocenters. The number of piperidine rings is 1. The topological polar surface area (TPSA) is 70.6 Å². The molecule has 0 spiro atoms. The van der Waals surface area contributed by atoms with Crippen LogP contribution in [-0.4, -0.2) is 71.1 Å². The monoisotopic (exact) mass is 497 g/mol. The lowest BCUT2D eigenvalue weighted by Crippen LogP contribution is -2.50. The number of carbonyl (C=O) groups is 1. The van der Waals surface area contributed by atoms with Gasteiger partial charge in [0.25, 0.3) is 5.91 Å². The maximum Gasteiger partial charge on any atom is 0.417 e. The summed E-state index contributed by atoms with van der Waals surface area (Å²) in [7, 11) is 0. The quantitative estimate of drug-likeness (QED) is 0.673. The second kappa shape index (κ2) is 10.5. The van der Waals surface area contributed by atoms with Gasteiger partial charge in [-0.25, -0.2) is 9.97 Å². The molecule has 2 aliphatic rings. The highest BCUT2D eigenvalue weighted by molar-refractivity contribution is 6.31. The molecule has 184 valence electrons. The summed E-state index contributed by atoms with van der Waals surface area (Å²) in [5.74, 6) is 0.318. The van der Waals surface area contributed by atoms with Crippen LogP contribution in [0.5, 0.6) is 0 Å². The van der Waals surface area contributed by atoms with Gasteiger partial charge in [0.15, 0.2) is 0 Å². The van der Waals surface area contributed by atoms with Crippen molar-refractivity contribution in [3.63, 3.8) is 0 Å². The van der Waals surface area contributed by atoms with Gasteiger partial charge in [-0.2, -0.15) is 13.2 Å². The van der Waals surface area contributed by atoms with Crippen LogP contribution in [0.1, 0.15) is 40.0 Å². The summed E-state index contributed by atoms with van der Waals surface area (Å²) >= 11 is 5.81. The molecule has 2 fully saturated rings. The van der Waals surface area contributed by atoms with Crippen molar-refractivity contribution in [2.75, 3.05) is 44.7 Å². The van der Waals surface area contributed by atoms with Crippen molar-refractivity contribution < 1.29 is 22.7 Å². The first-order valence-electron chi connectivity index (χ1n) is 11.3. The van der Waals surface area contributed by atoms with Gasteiger partial charge in [0.2, 0.25) is 0 Å². The lowest BCUT2D eigenvalue weighted by molar-refractivity contribution is -0.137. The Hall–Kier alpha value is -2.43. The number of amides is 1. The highest BCUT2D eigenvalue weighted by Crippen LogP contribution is 2.35. The standard InChI is InChI=1S/C23H27ClF3N5O2/c1-15-20(22(33)32-6-4-17(5-7-32)31-8-10-34-11-9-31)29-14-30-21(15)28-13-16-2-3-18(19(24)12-16)23(25,26)27/h2-3,12,14,17H,4-11,13H2,1H3,(H,28,29,30). The van der Waals surface area contributed by atoms with Crippen molar-refractivity contribution in [3.05, 3.63) is 51.9 Å². The molecule has 2 aliphatic heterocycles. The van der Waals surface area contributed by atoms with E-state index in [1.165, 1.54) is 18.5 Å². The van der Waals surface area contributed by atoms with Crippen molar-refractivity contribution in [1.29, 1.82) is 0 Å². The Morgan fingerprint density at radius 2 is 1.88 bits per heavy atom. The van der Waals surface area contributed by atoms with Crippen LogP contribution in [0.25, 0.3) is 0 Å². The third-order valence-electron chi connectivity index (χ3n) is 6.40. The Balaban J connectivity index is 1.38. The van der Waals surface area contributed by atoms with Crippen molar-refractivity contribution in [3.8, 4) is 0 Å². The molecule has 1 aromatic carbocycles. The maximum atomic E-state index is 13.2. The third-order valence-corrected chi connectivity index (χ3v) is 6.71. The summed E-state index contributed by atoms with van der Waals surface area (Å²) < 4.78 is 44.2. The lowest BCUT2D eigenvalue weighted by atomic mass is 10.0. The Kier molecular flexibility index (Phi) is 7.59. The number of nitrogens with zero attached hydrogens (tertiary/aromatic N) is 4. The summed E-state index contributed by atoms with van der Waals surface area (Å²) in [6.07, 6.45) is -1.35. The van der Waals surface area contributed by atoms with Crippen LogP contribution in [0.3, 0.4) is 0 Å². The number of morpholine rings is 1. The fraction of sp³-hybridized carbons (Fsp3) is 0.522. The molecule has 11 heteroatoms. The predicted molar refractivity (Wildman–Crippen MR) is 122 cm³/mol. The van der Waals surface area contributed by atoms with Crippen LogP contribution < -0.4 is 5.32 Å². The number of halogens is 4. The van der Waals surface area contributed by atoms with Gasteiger partial charge in [0.05, 0.1) is 23.8 Å². The molecule has 34 heavy (non-hydrogen) atoms. The molecule has 0 atom stereocenters. The van der Waals surface area contributed by atoms with Crippen LogP contribution in [0.2, 0.25) is 5.02 Å². The van der Waals surface area contributed by atoms with Crippen LogP contribution in [0.4, 0.5) is 19.0 Å². The minimum Gasteiger partial charge on any atom is -0.379 e. The van der Waals surface area contributed by atoms with Crippen LogP contribution in [-0.2, 0) is 17.5 Å². The molecule has 0 aliphatic carbocycles. The van der Waals surface area contributed by atoms with E-state index in [1.54, 1.807) is 6.92 Å². The zero-order valence-electron chi connectivity index (χ0n) is 18.9. The van der Waals surface area contributed by atoms with Gasteiger partial charge in [0, 0.05) is 44.3 Å². The van der Waals surface area contributed by atoms with Gasteiger partial charge >= 0.3 is 6.18 Å². The summed E-state index contributed by atoms with van der Waals surface area (Å²) in [5.41, 5.74) is 0.615. The normalized spacial score (nSPS) is 18.2. The highest BCUT2D eigenvalue weighted by atomic mass is 35.5. The fourth-order valence-corrected chi connectivity index (χ4v) is 4.77. The molecule has 0 bridgehead atoms. The van der Waals surface area contributed by atoms with E-state index in [2.05, 4.69) is 20.2 Å². The van der Waals surface area contributed by atoms with Gasteiger partial charge < -0.3 is 15.0 Å². The summed E-state index contributed by atoms with van der Waals surface area (Å²) in [6.45, 7) is 6.67. The average Bonchev–Trinajstić information content (AvgIpc) is 2.83. The number of likely N-dealkylation sites (tertiary alicyclic amines) is 1. The zero-order chi connectivity index (χ0) is 24.3. The van der Waals surface area contributed by atoms with Crippen molar-refractivity contribution in [2.45, 2.75) is 38.5 Å². The van der Waals surface area contributed by atoms with E-state index >= 15 is 0 Å². The minimum absolute atomic E-state index is 0.138. The first-order chi connectivity index (χ1) is 16.2. The smallest absolute Gasteiger partial charge is 0.379 e. The number of aromatic nitrogens is 2. The van der Waals surface area contributed by atoms with E-state index in [1.807, 2.05) is 4.90 Å². The lowest BCUT2D eigenvalue weighted by Gasteiger charge is -2.40. The van der Waals surface area contributed by atoms with E-state index in [4.69, 9.17) is 16.3 Å². The Morgan fingerprint density at radius 1 is 1.18 bits per heavy atom. The summed E-state index contributed by atoms with van der Waals surface area (Å²) in [4.78, 5) is 25.8. The number of anilines is 1. The van der Waals surface area contributed by atoms with Crippen molar-refractivity contribution >= 4 is 23.3 Å². The Morgan fingerprint density at radius 3 is 2.53 bits per heavy atom. The molecule has 0 radical (unpaired) electrons. The number of hydrogen-bond acceptors (Lipinski definition) is 6. The van der Waals surface area contributed by atoms with Crippen LogP contribution >= 0.6 is 11.6 Å². The summed E-state index contributed by atoms with van der Waals surface area (Å²) in [6, 6.07) is 4.07. The van der Waals surface area contributed by atoms with E-state index in [9.17, 15) is 18.0 Å². The number of rotatable bonds is 5. The second-order valence-electron chi connectivity index (χ2n) is 8.53. The number of benzene rings is 1. The molecule has 1 aromatic heterocycles. The van der Waals surface area contributed by atoms with Crippen LogP contribution in [0, 0.1) is 6.92 Å². The minimum atomic E-state index is -4.50. The molecule has 1 amide bonds. The van der Waals surface area contributed by atoms with Gasteiger partial charge in [-0.1, -0.05) is 17.7 Å². The van der Waals surface area contributed by atoms with Crippen molar-refractivity contribution in [2.24, 2.45) is 0 Å². The largest absolute Gasteiger partial charge is 0.417 e. The predicted octanol–water partition coefficient (Wildman–Crippen LogP) is 4.01. The fourth-order valence-electron chi connectivity index (χ4n) is 4.45. The molecule has 2 aromatic rings. The van der Waals surface area contributed by atoms with Crippen molar-refractivity contribution in [1.82, 2.24) is 19.8 Å². The van der Waals surface area contributed by atoms with E-state index in [0.29, 0.717) is 41.8 Å². The zero-order valence-corrected chi connectivity index (χ0v) is 19.6. The first-order valence-corrected chi connectivity index (χ1v) is 11.6. The summed E-state index contributed by atoms with van der Waals surface area (Å²) in [5, 5.41) is 2.72. The first kappa shape index (κ1) is 24.7. The molecular formula is C23H27ClF3N5O2. The van der Waals surface area contributed by atoms with E-state index < -0.39 is 11.7 Å². The van der Waals surface area contributed by atoms with Gasteiger partial charge in [-0.3, -0.25) is 9.69 Å². The SMILES string of the molecule is Cc1c(NCc2ccc(C(F)(F)F)c(Cl)c2)ncnc1C(=O)N1CCC(N2CCOCC2)CC1. The maximum absolute atomic E-state index is 13.2. The Bertz CT molecular complexity index is 1020. The molecule has 4 rings (SSSR count).